The van der Waals surface area contributed by atoms with Gasteiger partial charge in [0.25, 0.3) is 5.56 Å². The predicted molar refractivity (Wildman–Crippen MR) is 89.0 cm³/mol. The van der Waals surface area contributed by atoms with Gasteiger partial charge < -0.3 is 5.32 Å². The maximum absolute atomic E-state index is 11.7. The highest BCUT2D eigenvalue weighted by Crippen LogP contribution is 2.21. The molecule has 21 heavy (non-hydrogen) atoms. The Morgan fingerprint density at radius 3 is 2.76 bits per heavy atom. The number of unbranched alkanes of at least 4 members (excludes halogenated alkanes) is 1. The SMILES string of the molecule is CCCCNc1nc(CSc2ccc(C)cc2)cc(=O)[nH]1. The lowest BCUT2D eigenvalue weighted by molar-refractivity contribution is 0.823. The number of aryl methyl sites for hydroxylation is 1. The highest BCUT2D eigenvalue weighted by molar-refractivity contribution is 7.98. The van der Waals surface area contributed by atoms with Gasteiger partial charge in [-0.1, -0.05) is 31.0 Å². The zero-order valence-corrected chi connectivity index (χ0v) is 13.3. The summed E-state index contributed by atoms with van der Waals surface area (Å²) in [5.74, 6) is 1.26. The van der Waals surface area contributed by atoms with Crippen molar-refractivity contribution < 1.29 is 0 Å². The van der Waals surface area contributed by atoms with Gasteiger partial charge in [-0.2, -0.15) is 0 Å². The van der Waals surface area contributed by atoms with E-state index in [-0.39, 0.29) is 5.56 Å². The molecule has 0 atom stereocenters. The fraction of sp³-hybridized carbons (Fsp3) is 0.375. The third-order valence-electron chi connectivity index (χ3n) is 3.03. The summed E-state index contributed by atoms with van der Waals surface area (Å²) in [7, 11) is 0. The van der Waals surface area contributed by atoms with E-state index in [9.17, 15) is 4.79 Å². The third-order valence-corrected chi connectivity index (χ3v) is 4.07. The van der Waals surface area contributed by atoms with Crippen LogP contribution >= 0.6 is 11.8 Å². The largest absolute Gasteiger partial charge is 0.356 e. The van der Waals surface area contributed by atoms with E-state index in [2.05, 4.69) is 53.4 Å². The van der Waals surface area contributed by atoms with Gasteiger partial charge in [0.2, 0.25) is 5.95 Å². The first kappa shape index (κ1) is 15.6. The van der Waals surface area contributed by atoms with Crippen LogP contribution < -0.4 is 10.9 Å². The average molecular weight is 303 g/mol. The second-order valence-electron chi connectivity index (χ2n) is 4.97. The zero-order valence-electron chi connectivity index (χ0n) is 12.5. The summed E-state index contributed by atoms with van der Waals surface area (Å²) in [6.07, 6.45) is 2.17. The first-order chi connectivity index (χ1) is 10.2. The smallest absolute Gasteiger partial charge is 0.252 e. The fourth-order valence-electron chi connectivity index (χ4n) is 1.84. The molecule has 2 rings (SSSR count). The van der Waals surface area contributed by atoms with E-state index in [4.69, 9.17) is 0 Å². The number of aromatic nitrogens is 2. The Hall–Kier alpha value is -1.75. The van der Waals surface area contributed by atoms with Crippen LogP contribution in [-0.4, -0.2) is 16.5 Å². The monoisotopic (exact) mass is 303 g/mol. The Bertz CT molecular complexity index is 622. The molecule has 0 fully saturated rings. The maximum Gasteiger partial charge on any atom is 0.252 e. The number of anilines is 1. The van der Waals surface area contributed by atoms with Crippen molar-refractivity contribution in [1.29, 1.82) is 0 Å². The van der Waals surface area contributed by atoms with Crippen molar-refractivity contribution in [2.45, 2.75) is 37.3 Å². The van der Waals surface area contributed by atoms with Gasteiger partial charge in [-0.15, -0.1) is 11.8 Å². The number of nitrogens with zero attached hydrogens (tertiary/aromatic N) is 1. The Labute approximate surface area is 129 Å². The van der Waals surface area contributed by atoms with Crippen LogP contribution in [-0.2, 0) is 5.75 Å². The Morgan fingerprint density at radius 2 is 2.05 bits per heavy atom. The maximum atomic E-state index is 11.7. The van der Waals surface area contributed by atoms with Gasteiger partial charge in [0.15, 0.2) is 0 Å². The van der Waals surface area contributed by atoms with Gasteiger partial charge in [-0.25, -0.2) is 4.98 Å². The molecule has 0 saturated heterocycles. The number of aromatic amines is 1. The lowest BCUT2D eigenvalue weighted by Gasteiger charge is -2.06. The van der Waals surface area contributed by atoms with E-state index >= 15 is 0 Å². The number of hydrogen-bond acceptors (Lipinski definition) is 4. The molecule has 1 heterocycles. The number of thioether (sulfide) groups is 1. The zero-order chi connectivity index (χ0) is 15.1. The van der Waals surface area contributed by atoms with Crippen LogP contribution in [0, 0.1) is 6.92 Å². The van der Waals surface area contributed by atoms with Crippen molar-refractivity contribution in [3.63, 3.8) is 0 Å². The summed E-state index contributed by atoms with van der Waals surface area (Å²) < 4.78 is 0. The van der Waals surface area contributed by atoms with Gasteiger partial charge in [0.05, 0.1) is 5.69 Å². The van der Waals surface area contributed by atoms with Crippen LogP contribution in [0.5, 0.6) is 0 Å². The second kappa shape index (κ2) is 7.88. The van der Waals surface area contributed by atoms with Crippen molar-refractivity contribution in [2.24, 2.45) is 0 Å². The number of nitrogens with one attached hydrogen (secondary N) is 2. The van der Waals surface area contributed by atoms with Crippen LogP contribution in [0.2, 0.25) is 0 Å². The molecule has 5 heteroatoms. The van der Waals surface area contributed by atoms with E-state index in [0.29, 0.717) is 11.7 Å². The summed E-state index contributed by atoms with van der Waals surface area (Å²) >= 11 is 1.68. The molecule has 4 nitrogen and oxygen atoms in total. The molecule has 0 radical (unpaired) electrons. The summed E-state index contributed by atoms with van der Waals surface area (Å²) in [4.78, 5) is 20.0. The quantitative estimate of drug-likeness (QED) is 0.606. The van der Waals surface area contributed by atoms with Crippen molar-refractivity contribution in [1.82, 2.24) is 9.97 Å². The van der Waals surface area contributed by atoms with Crippen LogP contribution in [0.4, 0.5) is 5.95 Å². The second-order valence-corrected chi connectivity index (χ2v) is 6.02. The predicted octanol–water partition coefficient (Wildman–Crippen LogP) is 3.58. The van der Waals surface area contributed by atoms with Gasteiger partial charge in [0.1, 0.15) is 0 Å². The van der Waals surface area contributed by atoms with E-state index < -0.39 is 0 Å². The van der Waals surface area contributed by atoms with E-state index in [0.717, 1.165) is 25.1 Å². The summed E-state index contributed by atoms with van der Waals surface area (Å²) in [6, 6.07) is 9.92. The molecule has 112 valence electrons. The summed E-state index contributed by atoms with van der Waals surface area (Å²) in [5.41, 5.74) is 1.93. The molecule has 0 spiro atoms. The number of benzene rings is 1. The van der Waals surface area contributed by atoms with E-state index in [1.165, 1.54) is 10.5 Å². The van der Waals surface area contributed by atoms with Crippen LogP contribution in [0.3, 0.4) is 0 Å². The highest BCUT2D eigenvalue weighted by atomic mass is 32.2. The minimum Gasteiger partial charge on any atom is -0.356 e. The van der Waals surface area contributed by atoms with Crippen LogP contribution in [0.15, 0.2) is 40.0 Å². The third kappa shape index (κ3) is 5.27. The molecule has 1 aromatic heterocycles. The first-order valence-corrected chi connectivity index (χ1v) is 8.19. The average Bonchev–Trinajstić information content (AvgIpc) is 2.46. The minimum atomic E-state index is -0.108. The molecule has 0 amide bonds. The van der Waals surface area contributed by atoms with Gasteiger partial charge in [0, 0.05) is 23.3 Å². The molecule has 0 unspecified atom stereocenters. The summed E-state index contributed by atoms with van der Waals surface area (Å²) in [6.45, 7) is 5.03. The lowest BCUT2D eigenvalue weighted by Crippen LogP contribution is -2.14. The molecule has 2 N–H and O–H groups in total. The van der Waals surface area contributed by atoms with Crippen molar-refractivity contribution in [3.05, 3.63) is 51.9 Å². The van der Waals surface area contributed by atoms with Gasteiger partial charge in [-0.05, 0) is 25.5 Å². The van der Waals surface area contributed by atoms with Gasteiger partial charge in [-0.3, -0.25) is 9.78 Å². The normalized spacial score (nSPS) is 10.6. The molecule has 2 aromatic rings. The number of H-pyrrole nitrogens is 1. The highest BCUT2D eigenvalue weighted by Gasteiger charge is 2.02. The Morgan fingerprint density at radius 1 is 1.29 bits per heavy atom. The van der Waals surface area contributed by atoms with Crippen molar-refractivity contribution in [3.8, 4) is 0 Å². The van der Waals surface area contributed by atoms with E-state index in [1.807, 2.05) is 0 Å². The van der Waals surface area contributed by atoms with Gasteiger partial charge >= 0.3 is 0 Å². The molecular weight excluding hydrogens is 282 g/mol. The minimum absolute atomic E-state index is 0.108. The molecule has 0 saturated carbocycles. The summed E-state index contributed by atoms with van der Waals surface area (Å²) in [5, 5.41) is 3.16. The molecule has 0 aliphatic heterocycles. The van der Waals surface area contributed by atoms with E-state index in [1.54, 1.807) is 17.8 Å². The molecule has 0 aliphatic carbocycles. The molecular formula is C16H21N3OS. The molecule has 1 aromatic carbocycles. The van der Waals surface area contributed by atoms with Crippen molar-refractivity contribution in [2.75, 3.05) is 11.9 Å². The first-order valence-electron chi connectivity index (χ1n) is 7.21. The number of rotatable bonds is 7. The topological polar surface area (TPSA) is 57.8 Å². The Balaban J connectivity index is 1.99. The molecule has 0 bridgehead atoms. The molecule has 0 aliphatic rings. The standard InChI is InChI=1S/C16H21N3OS/c1-3-4-9-17-16-18-13(10-15(20)19-16)11-21-14-7-5-12(2)6-8-14/h5-8,10H,3-4,9,11H2,1-2H3,(H2,17,18,19,20). The van der Waals surface area contributed by atoms with Crippen LogP contribution in [0.1, 0.15) is 31.0 Å². The fourth-order valence-corrected chi connectivity index (χ4v) is 2.63. The Kier molecular flexibility index (Phi) is 5.87. The van der Waals surface area contributed by atoms with Crippen molar-refractivity contribution >= 4 is 17.7 Å². The number of hydrogen-bond donors (Lipinski definition) is 2. The van der Waals surface area contributed by atoms with Crippen LogP contribution in [0.25, 0.3) is 0 Å². The lowest BCUT2D eigenvalue weighted by atomic mass is 10.2.